The lowest BCUT2D eigenvalue weighted by molar-refractivity contribution is -0.137. The molecule has 0 amide bonds. The maximum atomic E-state index is 12.6. The number of pyridine rings is 1. The molecule has 2 nitrogen and oxygen atoms in total. The van der Waals surface area contributed by atoms with Crippen molar-refractivity contribution in [1.82, 2.24) is 4.98 Å². The van der Waals surface area contributed by atoms with Crippen LogP contribution in [0.1, 0.15) is 11.3 Å². The van der Waals surface area contributed by atoms with Crippen molar-refractivity contribution in [3.05, 3.63) is 53.9 Å². The molecule has 0 aliphatic carbocycles. The molecule has 1 aromatic carbocycles. The van der Waals surface area contributed by atoms with Gasteiger partial charge in [-0.15, -0.1) is 0 Å². The van der Waals surface area contributed by atoms with E-state index in [1.807, 2.05) is 0 Å². The molecular weight excluding hydrogens is 255 g/mol. The normalized spacial score (nSPS) is 11.3. The van der Waals surface area contributed by atoms with Gasteiger partial charge in [-0.05, 0) is 23.8 Å². The van der Waals surface area contributed by atoms with Gasteiger partial charge in [-0.3, -0.25) is 4.98 Å². The molecule has 19 heavy (non-hydrogen) atoms. The second-order valence-corrected chi connectivity index (χ2v) is 3.99. The molecule has 0 saturated carbocycles. The molecule has 1 heterocycles. The molecule has 0 spiro atoms. The Kier molecular flexibility index (Phi) is 3.64. The summed E-state index contributed by atoms with van der Waals surface area (Å²) in [5.74, 6) is 0. The van der Waals surface area contributed by atoms with Gasteiger partial charge >= 0.3 is 6.18 Å². The molecule has 0 fully saturated rings. The van der Waals surface area contributed by atoms with E-state index in [0.29, 0.717) is 16.8 Å². The number of hydrogen-bond acceptors (Lipinski definition) is 2. The summed E-state index contributed by atoms with van der Waals surface area (Å²) >= 11 is 0. The van der Waals surface area contributed by atoms with E-state index in [1.54, 1.807) is 18.2 Å². The largest absolute Gasteiger partial charge is 0.416 e. The van der Waals surface area contributed by atoms with E-state index in [1.165, 1.54) is 12.3 Å². The zero-order chi connectivity index (χ0) is 13.9. The smallest absolute Gasteiger partial charge is 0.303 e. The van der Waals surface area contributed by atoms with Crippen LogP contribution in [-0.4, -0.2) is 11.3 Å². The number of rotatable bonds is 3. The second-order valence-electron chi connectivity index (χ2n) is 3.99. The molecular formula is C14H10F3NO. The Morgan fingerprint density at radius 1 is 1.11 bits per heavy atom. The Bertz CT molecular complexity index is 576. The molecule has 0 saturated heterocycles. The average Bonchev–Trinajstić information content (AvgIpc) is 2.39. The minimum Gasteiger partial charge on any atom is -0.303 e. The van der Waals surface area contributed by atoms with Crippen LogP contribution in [0.2, 0.25) is 0 Å². The van der Waals surface area contributed by atoms with Gasteiger partial charge in [0.1, 0.15) is 6.29 Å². The summed E-state index contributed by atoms with van der Waals surface area (Å²) in [6, 6.07) is 8.34. The molecule has 0 N–H and O–H groups in total. The lowest BCUT2D eigenvalue weighted by Crippen LogP contribution is -2.04. The summed E-state index contributed by atoms with van der Waals surface area (Å²) in [7, 11) is 0. The lowest BCUT2D eigenvalue weighted by Gasteiger charge is -2.08. The first-order valence-corrected chi connectivity index (χ1v) is 5.57. The van der Waals surface area contributed by atoms with Crippen molar-refractivity contribution >= 4 is 6.29 Å². The van der Waals surface area contributed by atoms with Gasteiger partial charge in [0, 0.05) is 23.9 Å². The van der Waals surface area contributed by atoms with Gasteiger partial charge in [-0.2, -0.15) is 13.2 Å². The Morgan fingerprint density at radius 2 is 1.89 bits per heavy atom. The van der Waals surface area contributed by atoms with Crippen molar-refractivity contribution in [3.63, 3.8) is 0 Å². The molecule has 1 aromatic heterocycles. The molecule has 5 heteroatoms. The molecule has 2 rings (SSSR count). The van der Waals surface area contributed by atoms with Gasteiger partial charge in [0.15, 0.2) is 0 Å². The van der Waals surface area contributed by atoms with Crippen LogP contribution in [0.5, 0.6) is 0 Å². The summed E-state index contributed by atoms with van der Waals surface area (Å²) in [5, 5.41) is 0. The van der Waals surface area contributed by atoms with Crippen molar-refractivity contribution in [2.45, 2.75) is 12.6 Å². The molecule has 0 aliphatic heterocycles. The molecule has 0 unspecified atom stereocenters. The fourth-order valence-corrected chi connectivity index (χ4v) is 1.68. The summed E-state index contributed by atoms with van der Waals surface area (Å²) < 4.78 is 37.8. The molecule has 98 valence electrons. The molecule has 2 aromatic rings. The van der Waals surface area contributed by atoms with Crippen molar-refractivity contribution in [1.29, 1.82) is 0 Å². The van der Waals surface area contributed by atoms with Crippen LogP contribution in [0, 0.1) is 0 Å². The standard InChI is InChI=1S/C14H10F3NO/c15-14(16,17)12-3-1-2-10(8-12)11-4-5-13(6-7-19)18-9-11/h1-5,7-9H,6H2. The van der Waals surface area contributed by atoms with Gasteiger partial charge in [-0.1, -0.05) is 18.2 Å². The number of halogens is 3. The van der Waals surface area contributed by atoms with Crippen LogP contribution in [0.25, 0.3) is 11.1 Å². The van der Waals surface area contributed by atoms with Crippen molar-refractivity contribution < 1.29 is 18.0 Å². The first kappa shape index (κ1) is 13.3. The zero-order valence-electron chi connectivity index (χ0n) is 9.82. The number of aromatic nitrogens is 1. The van der Waals surface area contributed by atoms with Crippen molar-refractivity contribution in [3.8, 4) is 11.1 Å². The fraction of sp³-hybridized carbons (Fsp3) is 0.143. The van der Waals surface area contributed by atoms with E-state index in [9.17, 15) is 18.0 Å². The highest BCUT2D eigenvalue weighted by Gasteiger charge is 2.30. The third-order valence-electron chi connectivity index (χ3n) is 2.64. The van der Waals surface area contributed by atoms with Crippen LogP contribution >= 0.6 is 0 Å². The number of carbonyl (C=O) groups is 1. The molecule has 0 radical (unpaired) electrons. The quantitative estimate of drug-likeness (QED) is 0.795. The van der Waals surface area contributed by atoms with Crippen LogP contribution in [-0.2, 0) is 17.4 Å². The number of aldehydes is 1. The summed E-state index contributed by atoms with van der Waals surface area (Å²) in [6.07, 6.45) is -1.97. The van der Waals surface area contributed by atoms with Crippen LogP contribution < -0.4 is 0 Å². The van der Waals surface area contributed by atoms with Gasteiger partial charge in [0.25, 0.3) is 0 Å². The Balaban J connectivity index is 2.34. The Morgan fingerprint density at radius 3 is 2.47 bits per heavy atom. The van der Waals surface area contributed by atoms with E-state index in [-0.39, 0.29) is 6.42 Å². The predicted octanol–water partition coefficient (Wildman–Crippen LogP) is 3.51. The first-order valence-electron chi connectivity index (χ1n) is 5.57. The van der Waals surface area contributed by atoms with Crippen LogP contribution in [0.3, 0.4) is 0 Å². The third kappa shape index (κ3) is 3.19. The van der Waals surface area contributed by atoms with Gasteiger partial charge < -0.3 is 4.79 Å². The first-order chi connectivity index (χ1) is 9.00. The van der Waals surface area contributed by atoms with E-state index in [4.69, 9.17) is 0 Å². The van der Waals surface area contributed by atoms with Crippen molar-refractivity contribution in [2.24, 2.45) is 0 Å². The number of alkyl halides is 3. The minimum atomic E-state index is -4.36. The maximum Gasteiger partial charge on any atom is 0.416 e. The predicted molar refractivity (Wildman–Crippen MR) is 64.4 cm³/mol. The van der Waals surface area contributed by atoms with Gasteiger partial charge in [0.05, 0.1) is 5.56 Å². The lowest BCUT2D eigenvalue weighted by atomic mass is 10.0. The number of benzene rings is 1. The van der Waals surface area contributed by atoms with E-state index in [2.05, 4.69) is 4.98 Å². The molecule has 0 atom stereocenters. The van der Waals surface area contributed by atoms with Gasteiger partial charge in [0.2, 0.25) is 0 Å². The van der Waals surface area contributed by atoms with Gasteiger partial charge in [-0.25, -0.2) is 0 Å². The molecule has 0 aliphatic rings. The average molecular weight is 265 g/mol. The number of hydrogen-bond donors (Lipinski definition) is 0. The highest BCUT2D eigenvalue weighted by molar-refractivity contribution is 5.64. The van der Waals surface area contributed by atoms with Crippen LogP contribution in [0.15, 0.2) is 42.6 Å². The number of nitrogens with zero attached hydrogens (tertiary/aromatic N) is 1. The topological polar surface area (TPSA) is 30.0 Å². The van der Waals surface area contributed by atoms with Crippen molar-refractivity contribution in [2.75, 3.05) is 0 Å². The van der Waals surface area contributed by atoms with E-state index < -0.39 is 11.7 Å². The summed E-state index contributed by atoms with van der Waals surface area (Å²) in [4.78, 5) is 14.3. The summed E-state index contributed by atoms with van der Waals surface area (Å²) in [5.41, 5.74) is 0.924. The Hall–Kier alpha value is -2.17. The number of carbonyl (C=O) groups excluding carboxylic acids is 1. The maximum absolute atomic E-state index is 12.6. The summed E-state index contributed by atoms with van der Waals surface area (Å²) in [6.45, 7) is 0. The van der Waals surface area contributed by atoms with Crippen LogP contribution in [0.4, 0.5) is 13.2 Å². The monoisotopic (exact) mass is 265 g/mol. The SMILES string of the molecule is O=CCc1ccc(-c2cccc(C(F)(F)F)c2)cn1. The second kappa shape index (κ2) is 5.22. The van der Waals surface area contributed by atoms with E-state index in [0.717, 1.165) is 18.4 Å². The molecule has 0 bridgehead atoms. The minimum absolute atomic E-state index is 0.197. The highest BCUT2D eigenvalue weighted by atomic mass is 19.4. The Labute approximate surface area is 107 Å². The zero-order valence-corrected chi connectivity index (χ0v) is 9.82. The van der Waals surface area contributed by atoms with E-state index >= 15 is 0 Å². The highest BCUT2D eigenvalue weighted by Crippen LogP contribution is 2.31. The third-order valence-corrected chi connectivity index (χ3v) is 2.64. The fourth-order valence-electron chi connectivity index (χ4n) is 1.68.